The minimum absolute atomic E-state index is 0.133. The van der Waals surface area contributed by atoms with Gasteiger partial charge in [0.2, 0.25) is 5.82 Å². The van der Waals surface area contributed by atoms with Gasteiger partial charge in [0.25, 0.3) is 0 Å². The second-order valence-corrected chi connectivity index (χ2v) is 16.7. The fourth-order valence-electron chi connectivity index (χ4n) is 7.37. The fraction of sp³-hybridized carbons (Fsp3) is 0.182. The van der Waals surface area contributed by atoms with Crippen molar-refractivity contribution in [2.24, 2.45) is 24.3 Å². The number of halogens is 8. The summed E-state index contributed by atoms with van der Waals surface area (Å²) in [5, 5.41) is 50.1. The summed E-state index contributed by atoms with van der Waals surface area (Å²) in [6.45, 7) is 0.269. The van der Waals surface area contributed by atoms with Crippen LogP contribution in [-0.4, -0.2) is 119 Å². The first kappa shape index (κ1) is 50.0. The number of nitrogens with zero attached hydrogens (tertiary/aromatic N) is 16. The molecule has 2 unspecified atom stereocenters. The maximum Gasteiger partial charge on any atom is 0.573 e. The van der Waals surface area contributed by atoms with E-state index in [0.29, 0.717) is 44.2 Å². The minimum atomic E-state index is -4.81. The number of anilines is 2. The average molecular weight is 1060 g/mol. The molecule has 74 heavy (non-hydrogen) atoms. The molecule has 0 spiro atoms. The molecule has 2 aliphatic heterocycles. The Morgan fingerprint density at radius 3 is 1.45 bits per heavy atom. The van der Waals surface area contributed by atoms with Crippen LogP contribution in [0.15, 0.2) is 132 Å². The number of carbonyl (C=O) groups is 2. The summed E-state index contributed by atoms with van der Waals surface area (Å²) in [5.74, 6) is 0.107. The number of hydrogen-bond acceptors (Lipinski definition) is 14. The molecule has 0 bridgehead atoms. The number of aryl methyl sites for hydroxylation is 2. The molecule has 4 aromatic heterocycles. The summed E-state index contributed by atoms with van der Waals surface area (Å²) in [4.78, 5) is 27.3. The lowest BCUT2D eigenvalue weighted by Gasteiger charge is -2.16. The molecule has 2 N–H and O–H groups in total. The van der Waals surface area contributed by atoms with Crippen molar-refractivity contribution in [1.82, 2.24) is 70.0 Å². The number of aromatic nitrogens is 12. The molecule has 380 valence electrons. The Morgan fingerprint density at radius 1 is 0.595 bits per heavy atom. The molecule has 22 nitrogen and oxygen atoms in total. The number of rotatable bonds is 10. The van der Waals surface area contributed by atoms with Crippen molar-refractivity contribution in [2.45, 2.75) is 24.8 Å². The van der Waals surface area contributed by atoms with Gasteiger partial charge in [0.15, 0.2) is 5.82 Å². The Bertz CT molecular complexity index is 3340. The van der Waals surface area contributed by atoms with Gasteiger partial charge in [-0.15, -0.1) is 41.6 Å². The molecule has 0 saturated heterocycles. The number of nitrogens with one attached hydrogen (secondary N) is 2. The zero-order valence-electron chi connectivity index (χ0n) is 37.9. The van der Waals surface area contributed by atoms with E-state index in [9.17, 15) is 35.9 Å². The van der Waals surface area contributed by atoms with Crippen LogP contribution in [0.3, 0.4) is 0 Å². The number of urea groups is 2. The van der Waals surface area contributed by atoms with Gasteiger partial charge < -0.3 is 20.1 Å². The molecular formula is C44H34Cl2F6N18O4. The molecule has 2 aliphatic rings. The largest absolute Gasteiger partial charge is 0.573 e. The van der Waals surface area contributed by atoms with Crippen LogP contribution >= 0.6 is 23.2 Å². The van der Waals surface area contributed by atoms with Gasteiger partial charge >= 0.3 is 24.8 Å². The average Bonchev–Trinajstić information content (AvgIpc) is 4.23. The monoisotopic (exact) mass is 1060 g/mol. The predicted molar refractivity (Wildman–Crippen MR) is 252 cm³/mol. The number of alkyl halides is 6. The molecule has 2 atom stereocenters. The van der Waals surface area contributed by atoms with Crippen molar-refractivity contribution < 1.29 is 45.4 Å². The van der Waals surface area contributed by atoms with Gasteiger partial charge in [-0.05, 0) is 88.4 Å². The number of benzene rings is 4. The summed E-state index contributed by atoms with van der Waals surface area (Å²) in [7, 11) is 3.35. The zero-order valence-corrected chi connectivity index (χ0v) is 39.4. The van der Waals surface area contributed by atoms with E-state index in [2.05, 4.69) is 71.4 Å². The van der Waals surface area contributed by atoms with Crippen LogP contribution in [-0.2, 0) is 14.1 Å². The highest BCUT2D eigenvalue weighted by molar-refractivity contribution is 6.31. The SMILES string of the molecule is Cn1nnc(-c2cnn(C3CN(C(=O)Nc4ccc(OC(F)(F)F)cc4)N=C3c3ccc(Cl)cc3)c2)n1.Cn1nnnc1-c1cnn(C2CN(C(=O)Nc3ccc(OC(F)(F)F)cc3)N=C2c2ccc(Cl)cc2)c1. The second-order valence-electron chi connectivity index (χ2n) is 15.8. The molecule has 8 aromatic rings. The van der Waals surface area contributed by atoms with Crippen molar-refractivity contribution in [1.29, 1.82) is 0 Å². The lowest BCUT2D eigenvalue weighted by molar-refractivity contribution is -0.275. The first-order valence-corrected chi connectivity index (χ1v) is 22.2. The van der Waals surface area contributed by atoms with Crippen LogP contribution in [0.4, 0.5) is 47.3 Å². The molecule has 6 heterocycles. The Kier molecular flexibility index (Phi) is 14.0. The first-order chi connectivity index (χ1) is 35.3. The smallest absolute Gasteiger partial charge is 0.406 e. The lowest BCUT2D eigenvalue weighted by Crippen LogP contribution is -2.31. The van der Waals surface area contributed by atoms with E-state index in [1.807, 2.05) is 0 Å². The summed E-state index contributed by atoms with van der Waals surface area (Å²) >= 11 is 12.1. The predicted octanol–water partition coefficient (Wildman–Crippen LogP) is 8.24. The van der Waals surface area contributed by atoms with Crippen LogP contribution in [0, 0.1) is 0 Å². The van der Waals surface area contributed by atoms with Gasteiger partial charge in [-0.3, -0.25) is 9.36 Å². The Labute approximate surface area is 422 Å². The van der Waals surface area contributed by atoms with Gasteiger partial charge in [0.05, 0.1) is 55.1 Å². The molecule has 4 aromatic carbocycles. The van der Waals surface area contributed by atoms with Crippen LogP contribution in [0.5, 0.6) is 11.5 Å². The molecule has 10 rings (SSSR count). The third-order valence-corrected chi connectivity index (χ3v) is 11.2. The standard InChI is InChI=1S/2C22H17ClF3N9O2/c1-33-20(29-31-32-33)14-10-27-34(11-14)18-12-35(30-19(18)13-2-4-15(23)5-3-13)21(36)28-16-6-8-17(9-7-16)37-22(24,25)26;1-33-31-20(29-32-33)14-10-27-34(11-14)18-12-35(30-19(18)13-2-4-15(23)5-3-13)21(36)28-16-6-8-17(9-7-16)37-22(24,25)26/h2*2-11,18H,12H2,1H3,(H,28,36). The van der Waals surface area contributed by atoms with Gasteiger partial charge in [0, 0.05) is 52.0 Å². The van der Waals surface area contributed by atoms with E-state index < -0.39 is 48.4 Å². The molecular weight excluding hydrogens is 1030 g/mol. The van der Waals surface area contributed by atoms with E-state index >= 15 is 0 Å². The summed E-state index contributed by atoms with van der Waals surface area (Å²) < 4.78 is 86.9. The van der Waals surface area contributed by atoms with E-state index in [-0.39, 0.29) is 24.5 Å². The first-order valence-electron chi connectivity index (χ1n) is 21.4. The number of hydrogen-bond donors (Lipinski definition) is 2. The Hall–Kier alpha value is -8.92. The normalized spacial score (nSPS) is 15.5. The van der Waals surface area contributed by atoms with Crippen LogP contribution in [0.25, 0.3) is 22.8 Å². The second kappa shape index (κ2) is 20.7. The van der Waals surface area contributed by atoms with Crippen LogP contribution < -0.4 is 20.1 Å². The summed E-state index contributed by atoms with van der Waals surface area (Å²) in [6.07, 6.45) is -2.94. The zero-order chi connectivity index (χ0) is 52.3. The van der Waals surface area contributed by atoms with Gasteiger partial charge in [-0.1, -0.05) is 47.5 Å². The van der Waals surface area contributed by atoms with Crippen LogP contribution in [0.1, 0.15) is 23.2 Å². The molecule has 0 aliphatic carbocycles. The number of ether oxygens (including phenoxy) is 2. The fourth-order valence-corrected chi connectivity index (χ4v) is 7.62. The highest BCUT2D eigenvalue weighted by Gasteiger charge is 2.36. The van der Waals surface area contributed by atoms with Crippen molar-refractivity contribution in [3.63, 3.8) is 0 Å². The van der Waals surface area contributed by atoms with E-state index in [0.717, 1.165) is 35.4 Å². The molecule has 0 fully saturated rings. The minimum Gasteiger partial charge on any atom is -0.406 e. The summed E-state index contributed by atoms with van der Waals surface area (Å²) in [6, 6.07) is 21.5. The molecule has 0 radical (unpaired) electrons. The number of carbonyl (C=O) groups excluding carboxylic acids is 2. The number of amides is 4. The van der Waals surface area contributed by atoms with Gasteiger partial charge in [0.1, 0.15) is 23.6 Å². The Balaban J connectivity index is 0.000000182. The van der Waals surface area contributed by atoms with E-state index in [4.69, 9.17) is 23.2 Å². The topological polar surface area (TPSA) is 231 Å². The molecule has 30 heteroatoms. The van der Waals surface area contributed by atoms with Crippen molar-refractivity contribution in [2.75, 3.05) is 23.7 Å². The van der Waals surface area contributed by atoms with Crippen molar-refractivity contribution >= 4 is 58.1 Å². The highest BCUT2D eigenvalue weighted by Crippen LogP contribution is 2.31. The highest BCUT2D eigenvalue weighted by atomic mass is 35.5. The van der Waals surface area contributed by atoms with Gasteiger partial charge in [-0.2, -0.15) is 25.2 Å². The third kappa shape index (κ3) is 12.0. The van der Waals surface area contributed by atoms with E-state index in [1.54, 1.807) is 96.8 Å². The third-order valence-electron chi connectivity index (χ3n) is 10.7. The molecule has 4 amide bonds. The van der Waals surface area contributed by atoms with E-state index in [1.165, 1.54) is 43.8 Å². The number of tetrazole rings is 2. The maximum atomic E-state index is 13.0. The lowest BCUT2D eigenvalue weighted by atomic mass is 10.0. The Morgan fingerprint density at radius 2 is 1.04 bits per heavy atom. The number of hydrazone groups is 2. The van der Waals surface area contributed by atoms with Crippen molar-refractivity contribution in [3.05, 3.63) is 143 Å². The summed E-state index contributed by atoms with van der Waals surface area (Å²) in [5.41, 5.74) is 4.42. The van der Waals surface area contributed by atoms with Crippen molar-refractivity contribution in [3.8, 4) is 34.3 Å². The van der Waals surface area contributed by atoms with Gasteiger partial charge in [-0.25, -0.2) is 24.3 Å². The molecule has 0 saturated carbocycles. The van der Waals surface area contributed by atoms with Crippen LogP contribution in [0.2, 0.25) is 10.0 Å². The maximum absolute atomic E-state index is 13.0. The quantitative estimate of drug-likeness (QED) is 0.123.